The van der Waals surface area contributed by atoms with Crippen LogP contribution in [0.15, 0.2) is 22.6 Å². The van der Waals surface area contributed by atoms with E-state index in [-0.39, 0.29) is 19.0 Å². The number of hydrogen-bond donors (Lipinski definition) is 2. The van der Waals surface area contributed by atoms with E-state index in [0.717, 1.165) is 4.90 Å². The minimum Gasteiger partial charge on any atom is -0.439 e. The number of carbonyl (C=O) groups excluding carboxylic acids is 2. The number of urea groups is 1. The van der Waals surface area contributed by atoms with Gasteiger partial charge in [-0.3, -0.25) is 9.69 Å². The van der Waals surface area contributed by atoms with Gasteiger partial charge in [0.05, 0.1) is 6.54 Å². The third-order valence-corrected chi connectivity index (χ3v) is 2.69. The van der Waals surface area contributed by atoms with Crippen molar-refractivity contribution in [1.29, 1.82) is 0 Å². The Kier molecular flexibility index (Phi) is 2.19. The lowest BCUT2D eigenvalue weighted by molar-refractivity contribution is -0.125. The third kappa shape index (κ3) is 1.65. The van der Waals surface area contributed by atoms with Crippen LogP contribution in [-0.4, -0.2) is 28.4 Å². The van der Waals surface area contributed by atoms with Crippen LogP contribution in [0.2, 0.25) is 0 Å². The Bertz CT molecular complexity index is 633. The molecule has 7 nitrogen and oxygen atoms in total. The summed E-state index contributed by atoms with van der Waals surface area (Å²) in [6.07, 6.45) is 0. The molecule has 0 radical (unpaired) electrons. The zero-order valence-electron chi connectivity index (χ0n) is 9.34. The van der Waals surface area contributed by atoms with Crippen LogP contribution in [0.3, 0.4) is 0 Å². The molecular weight excluding hydrogens is 236 g/mol. The summed E-state index contributed by atoms with van der Waals surface area (Å²) in [4.78, 5) is 28.0. The van der Waals surface area contributed by atoms with Crippen molar-refractivity contribution in [2.24, 2.45) is 0 Å². The Morgan fingerprint density at radius 2 is 2.28 bits per heavy atom. The minimum atomic E-state index is -0.429. The van der Waals surface area contributed by atoms with Gasteiger partial charge in [-0.15, -0.1) is 0 Å². The van der Waals surface area contributed by atoms with Crippen molar-refractivity contribution in [2.45, 2.75) is 6.54 Å². The van der Waals surface area contributed by atoms with Crippen LogP contribution in [0.4, 0.5) is 10.5 Å². The molecule has 18 heavy (non-hydrogen) atoms. The number of imide groups is 1. The number of carbonyl (C=O) groups is 2. The second kappa shape index (κ2) is 3.73. The highest BCUT2D eigenvalue weighted by Crippen LogP contribution is 2.19. The zero-order chi connectivity index (χ0) is 12.7. The Morgan fingerprint density at radius 3 is 3.00 bits per heavy atom. The van der Waals surface area contributed by atoms with Crippen molar-refractivity contribution in [1.82, 2.24) is 15.2 Å². The van der Waals surface area contributed by atoms with Crippen molar-refractivity contribution in [3.63, 3.8) is 0 Å². The number of fused-ring (bicyclic) bond motifs is 1. The summed E-state index contributed by atoms with van der Waals surface area (Å²) >= 11 is 0. The van der Waals surface area contributed by atoms with Crippen LogP contribution in [0.5, 0.6) is 0 Å². The Balaban J connectivity index is 1.91. The molecule has 0 bridgehead atoms. The van der Waals surface area contributed by atoms with Gasteiger partial charge in [-0.05, 0) is 18.2 Å². The number of nitrogens with two attached hydrogens (primary N) is 1. The molecule has 1 fully saturated rings. The summed E-state index contributed by atoms with van der Waals surface area (Å²) < 4.78 is 5.44. The van der Waals surface area contributed by atoms with Crippen molar-refractivity contribution < 1.29 is 14.0 Å². The van der Waals surface area contributed by atoms with Crippen LogP contribution in [0, 0.1) is 0 Å². The molecule has 3 N–H and O–H groups in total. The van der Waals surface area contributed by atoms with Crippen LogP contribution in [0.1, 0.15) is 5.89 Å². The average Bonchev–Trinajstić information content (AvgIpc) is 2.86. The SMILES string of the molecule is Nc1ccc2oc(CN3C(=O)CNC3=O)nc2c1. The molecule has 7 heteroatoms. The maximum absolute atomic E-state index is 11.4. The van der Waals surface area contributed by atoms with E-state index in [4.69, 9.17) is 10.2 Å². The first-order chi connectivity index (χ1) is 8.63. The van der Waals surface area contributed by atoms with Crippen LogP contribution in [0.25, 0.3) is 11.1 Å². The highest BCUT2D eigenvalue weighted by atomic mass is 16.3. The molecule has 0 aliphatic carbocycles. The van der Waals surface area contributed by atoms with Gasteiger partial charge in [0.25, 0.3) is 5.91 Å². The van der Waals surface area contributed by atoms with Gasteiger partial charge >= 0.3 is 6.03 Å². The number of anilines is 1. The predicted molar refractivity (Wildman–Crippen MR) is 62.4 cm³/mol. The number of oxazole rings is 1. The smallest absolute Gasteiger partial charge is 0.325 e. The number of nitrogens with one attached hydrogen (secondary N) is 1. The lowest BCUT2D eigenvalue weighted by Gasteiger charge is -2.08. The molecule has 2 heterocycles. The van der Waals surface area contributed by atoms with E-state index in [1.54, 1.807) is 18.2 Å². The fourth-order valence-corrected chi connectivity index (χ4v) is 1.81. The third-order valence-electron chi connectivity index (χ3n) is 2.69. The number of nitrogen functional groups attached to an aromatic ring is 1. The van der Waals surface area contributed by atoms with E-state index < -0.39 is 6.03 Å². The molecule has 3 amide bonds. The van der Waals surface area contributed by atoms with Crippen LogP contribution in [-0.2, 0) is 11.3 Å². The van der Waals surface area contributed by atoms with Gasteiger partial charge in [0.1, 0.15) is 12.1 Å². The first-order valence-corrected chi connectivity index (χ1v) is 5.36. The van der Waals surface area contributed by atoms with E-state index in [1.165, 1.54) is 0 Å². The van der Waals surface area contributed by atoms with E-state index >= 15 is 0 Å². The number of rotatable bonds is 2. The van der Waals surface area contributed by atoms with Gasteiger partial charge in [0.2, 0.25) is 5.89 Å². The summed E-state index contributed by atoms with van der Waals surface area (Å²) in [6.45, 7) is 0.0469. The number of nitrogens with zero attached hydrogens (tertiary/aromatic N) is 2. The molecule has 1 aromatic heterocycles. The van der Waals surface area contributed by atoms with Gasteiger partial charge in [-0.25, -0.2) is 9.78 Å². The van der Waals surface area contributed by atoms with E-state index in [0.29, 0.717) is 22.7 Å². The van der Waals surface area contributed by atoms with Gasteiger partial charge in [0, 0.05) is 5.69 Å². The molecule has 0 unspecified atom stereocenters. The van der Waals surface area contributed by atoms with E-state index in [9.17, 15) is 9.59 Å². The maximum Gasteiger partial charge on any atom is 0.325 e. The van der Waals surface area contributed by atoms with E-state index in [1.807, 2.05) is 0 Å². The number of hydrogen-bond acceptors (Lipinski definition) is 5. The molecule has 3 rings (SSSR count). The topological polar surface area (TPSA) is 101 Å². The van der Waals surface area contributed by atoms with E-state index in [2.05, 4.69) is 10.3 Å². The molecule has 1 aliphatic heterocycles. The maximum atomic E-state index is 11.4. The second-order valence-corrected chi connectivity index (χ2v) is 3.97. The van der Waals surface area contributed by atoms with Gasteiger partial charge in [-0.1, -0.05) is 0 Å². The Labute approximate surface area is 102 Å². The quantitative estimate of drug-likeness (QED) is 0.592. The fraction of sp³-hybridized carbons (Fsp3) is 0.182. The minimum absolute atomic E-state index is 0.0199. The molecule has 1 aromatic carbocycles. The highest BCUT2D eigenvalue weighted by molar-refractivity contribution is 6.01. The molecule has 1 saturated heterocycles. The molecular formula is C11H10N4O3. The van der Waals surface area contributed by atoms with Crippen molar-refractivity contribution in [2.75, 3.05) is 12.3 Å². The lowest BCUT2D eigenvalue weighted by atomic mass is 10.3. The first-order valence-electron chi connectivity index (χ1n) is 5.36. The van der Waals surface area contributed by atoms with Crippen molar-refractivity contribution in [3.8, 4) is 0 Å². The molecule has 0 saturated carbocycles. The normalized spacial score (nSPS) is 15.4. The first kappa shape index (κ1) is 10.6. The van der Waals surface area contributed by atoms with Crippen molar-refractivity contribution >= 4 is 28.7 Å². The zero-order valence-corrected chi connectivity index (χ0v) is 9.34. The second-order valence-electron chi connectivity index (χ2n) is 3.97. The Hall–Kier alpha value is -2.57. The monoisotopic (exact) mass is 246 g/mol. The summed E-state index contributed by atoms with van der Waals surface area (Å²) in [5.74, 6) is 0.0165. The van der Waals surface area contributed by atoms with Crippen LogP contribution >= 0.6 is 0 Å². The largest absolute Gasteiger partial charge is 0.439 e. The molecule has 1 aliphatic rings. The molecule has 92 valence electrons. The number of aromatic nitrogens is 1. The summed E-state index contributed by atoms with van der Waals surface area (Å²) in [5, 5.41) is 2.43. The summed E-state index contributed by atoms with van der Waals surface area (Å²) in [5.41, 5.74) is 7.40. The number of amides is 3. The predicted octanol–water partition coefficient (Wildman–Crippen LogP) is 0.462. The Morgan fingerprint density at radius 1 is 1.44 bits per heavy atom. The average molecular weight is 246 g/mol. The van der Waals surface area contributed by atoms with Gasteiger partial charge in [0.15, 0.2) is 5.58 Å². The van der Waals surface area contributed by atoms with Crippen LogP contribution < -0.4 is 11.1 Å². The number of benzene rings is 1. The molecule has 0 spiro atoms. The molecule has 2 aromatic rings. The fourth-order valence-electron chi connectivity index (χ4n) is 1.81. The lowest BCUT2D eigenvalue weighted by Crippen LogP contribution is -2.30. The molecule has 0 atom stereocenters. The van der Waals surface area contributed by atoms with Gasteiger partial charge < -0.3 is 15.5 Å². The summed E-state index contributed by atoms with van der Waals surface area (Å²) in [6, 6.07) is 4.65. The van der Waals surface area contributed by atoms with Crippen molar-refractivity contribution in [3.05, 3.63) is 24.1 Å². The highest BCUT2D eigenvalue weighted by Gasteiger charge is 2.29. The van der Waals surface area contributed by atoms with Gasteiger partial charge in [-0.2, -0.15) is 0 Å². The standard InChI is InChI=1S/C11H10N4O3/c12-6-1-2-8-7(3-6)14-9(18-8)5-15-10(16)4-13-11(15)17/h1-3H,4-5,12H2,(H,13,17). The summed E-state index contributed by atoms with van der Waals surface area (Å²) in [7, 11) is 0.